The van der Waals surface area contributed by atoms with Crippen LogP contribution >= 0.6 is 0 Å². The van der Waals surface area contributed by atoms with Crippen LogP contribution in [0, 0.1) is 5.92 Å². The van der Waals surface area contributed by atoms with Crippen LogP contribution in [0.25, 0.3) is 0 Å². The number of rotatable bonds is 1. The van der Waals surface area contributed by atoms with E-state index in [9.17, 15) is 4.79 Å². The van der Waals surface area contributed by atoms with E-state index < -0.39 is 5.97 Å². The van der Waals surface area contributed by atoms with Crippen molar-refractivity contribution in [3.05, 3.63) is 0 Å². The average Bonchev–Trinajstić information content (AvgIpc) is 2.12. The number of carbonyl (C=O) groups is 1. The van der Waals surface area contributed by atoms with Crippen molar-refractivity contribution in [2.75, 3.05) is 0 Å². The fourth-order valence-corrected chi connectivity index (χ4v) is 1.17. The first-order valence-electron chi connectivity index (χ1n) is 3.03. The second-order valence-corrected chi connectivity index (χ2v) is 2.32. The number of carboxylic acids is 1. The van der Waals surface area contributed by atoms with Gasteiger partial charge in [0, 0.05) is 0 Å². The summed E-state index contributed by atoms with van der Waals surface area (Å²) >= 11 is 0. The number of carboxylic acid groups (broad SMARTS) is 1. The Morgan fingerprint density at radius 1 is 1.38 bits per heavy atom. The van der Waals surface area contributed by atoms with E-state index in [4.69, 9.17) is 5.11 Å². The Balaban J connectivity index is 2.35. The Bertz CT molecular complexity index is 92.7. The molecule has 1 aliphatic carbocycles. The fraction of sp³-hybridized carbons (Fsp3) is 0.833. The van der Waals surface area contributed by atoms with Gasteiger partial charge in [-0.25, -0.2) is 0 Å². The molecule has 0 spiro atoms. The van der Waals surface area contributed by atoms with E-state index in [0.29, 0.717) is 0 Å². The zero-order valence-electron chi connectivity index (χ0n) is 4.76. The molecule has 0 aromatic carbocycles. The molecule has 0 aliphatic heterocycles. The van der Waals surface area contributed by atoms with Crippen LogP contribution < -0.4 is 0 Å². The summed E-state index contributed by atoms with van der Waals surface area (Å²) in [6, 6.07) is 0. The van der Waals surface area contributed by atoms with E-state index in [2.05, 4.69) is 0 Å². The molecule has 1 unspecified atom stereocenters. The lowest BCUT2D eigenvalue weighted by Gasteiger charge is -1.97. The quantitative estimate of drug-likeness (QED) is 0.527. The molecule has 8 heavy (non-hydrogen) atoms. The third kappa shape index (κ3) is 0.997. The smallest absolute Gasteiger partial charge is 0.306 e. The van der Waals surface area contributed by atoms with E-state index in [1.54, 1.807) is 0 Å². The first kappa shape index (κ1) is 5.60. The molecule has 0 heterocycles. The van der Waals surface area contributed by atoms with Gasteiger partial charge in [-0.15, -0.1) is 0 Å². The summed E-state index contributed by atoms with van der Waals surface area (Å²) in [6.45, 7) is 0. The Hall–Kier alpha value is -0.530. The highest BCUT2D eigenvalue weighted by molar-refractivity contribution is 5.70. The largest absolute Gasteiger partial charge is 0.481 e. The van der Waals surface area contributed by atoms with Gasteiger partial charge in [0.05, 0.1) is 5.92 Å². The lowest BCUT2D eigenvalue weighted by molar-refractivity contribution is -0.141. The van der Waals surface area contributed by atoms with Crippen LogP contribution in [-0.2, 0) is 4.79 Å². The van der Waals surface area contributed by atoms with Gasteiger partial charge in [-0.2, -0.15) is 0 Å². The van der Waals surface area contributed by atoms with Crippen LogP contribution in [0.2, 0.25) is 0 Å². The predicted octanol–water partition coefficient (Wildman–Crippen LogP) is 1.26. The maximum Gasteiger partial charge on any atom is 0.306 e. The van der Waals surface area contributed by atoms with Crippen molar-refractivity contribution in [3.63, 3.8) is 0 Å². The molecule has 2 nitrogen and oxygen atoms in total. The molecule has 0 bridgehead atoms. The van der Waals surface area contributed by atoms with Crippen molar-refractivity contribution in [1.29, 1.82) is 0 Å². The summed E-state index contributed by atoms with van der Waals surface area (Å²) in [5.74, 6) is -0.627. The zero-order valence-corrected chi connectivity index (χ0v) is 4.76. The summed E-state index contributed by atoms with van der Waals surface area (Å²) in [4.78, 5) is 10.2. The third-order valence-electron chi connectivity index (χ3n) is 1.70. The van der Waals surface area contributed by atoms with Crippen molar-refractivity contribution >= 4 is 5.97 Å². The molecule has 0 aromatic heterocycles. The average molecular weight is 119 g/mol. The van der Waals surface area contributed by atoms with Crippen LogP contribution in [0.4, 0.5) is 0 Å². The predicted molar refractivity (Wildman–Crippen MR) is 29.6 cm³/mol. The number of aliphatic carboxylic acids is 1. The molecule has 46 valence electrons. The first-order valence-corrected chi connectivity index (χ1v) is 3.03. The standard InChI is InChI=1S/C6H10O2/c7-6(8)5-3-1-2-4-5/h5H,1-4H2,(H,7,8)/i1+1,2+1,3+1,5+1,6+1. The molecule has 0 amide bonds. The van der Waals surface area contributed by atoms with Crippen LogP contribution in [0.15, 0.2) is 0 Å². The summed E-state index contributed by atoms with van der Waals surface area (Å²) in [6.07, 6.45) is 4.01. The van der Waals surface area contributed by atoms with Gasteiger partial charge in [0.1, 0.15) is 0 Å². The Morgan fingerprint density at radius 2 is 1.88 bits per heavy atom. The zero-order chi connectivity index (χ0) is 5.98. The minimum atomic E-state index is -0.609. The number of hydrogen-bond donors (Lipinski definition) is 1. The molecule has 1 atom stereocenters. The van der Waals surface area contributed by atoms with Crippen molar-refractivity contribution in [2.45, 2.75) is 25.7 Å². The molecule has 1 fully saturated rings. The van der Waals surface area contributed by atoms with Gasteiger partial charge >= 0.3 is 5.97 Å². The molecule has 1 aliphatic rings. The van der Waals surface area contributed by atoms with Gasteiger partial charge in [0.2, 0.25) is 0 Å². The molecule has 0 saturated heterocycles. The Morgan fingerprint density at radius 3 is 2.12 bits per heavy atom. The summed E-state index contributed by atoms with van der Waals surface area (Å²) < 4.78 is 0. The van der Waals surface area contributed by atoms with Gasteiger partial charge in [-0.3, -0.25) is 4.79 Å². The monoisotopic (exact) mass is 119 g/mol. The van der Waals surface area contributed by atoms with Gasteiger partial charge in [-0.05, 0) is 12.8 Å². The second kappa shape index (κ2) is 2.16. The van der Waals surface area contributed by atoms with Crippen molar-refractivity contribution < 1.29 is 9.90 Å². The highest BCUT2D eigenvalue weighted by Gasteiger charge is 2.20. The second-order valence-electron chi connectivity index (χ2n) is 2.32. The van der Waals surface area contributed by atoms with Gasteiger partial charge in [-0.1, -0.05) is 12.8 Å². The molecule has 2 heteroatoms. The molecule has 1 N–H and O–H groups in total. The van der Waals surface area contributed by atoms with Crippen LogP contribution in [0.3, 0.4) is 0 Å². The summed E-state index contributed by atoms with van der Waals surface area (Å²) in [5, 5.41) is 8.41. The lowest BCUT2D eigenvalue weighted by atomic mass is 10.8. The fourth-order valence-electron chi connectivity index (χ4n) is 1.17. The van der Waals surface area contributed by atoms with Gasteiger partial charge < -0.3 is 5.11 Å². The topological polar surface area (TPSA) is 37.3 Å². The highest BCUT2D eigenvalue weighted by atomic mass is 16.5. The SMILES string of the molecule is O=[13C](O)[13CH]1C[13CH2][13CH2][13CH2]1. The Kier molecular flexibility index (Phi) is 1.51. The summed E-state index contributed by atoms with van der Waals surface area (Å²) in [7, 11) is 0. The highest BCUT2D eigenvalue weighted by Crippen LogP contribution is 2.24. The van der Waals surface area contributed by atoms with E-state index in [-0.39, 0.29) is 5.92 Å². The van der Waals surface area contributed by atoms with Crippen LogP contribution in [0.1, 0.15) is 25.7 Å². The Labute approximate surface area is 48.5 Å². The van der Waals surface area contributed by atoms with E-state index in [1.165, 1.54) is 0 Å². The normalized spacial score (nSPS) is 28.2. The van der Waals surface area contributed by atoms with Crippen molar-refractivity contribution in [2.24, 2.45) is 5.92 Å². The van der Waals surface area contributed by atoms with Crippen molar-refractivity contribution in [3.8, 4) is 0 Å². The lowest BCUT2D eigenvalue weighted by Crippen LogP contribution is -2.07. The molecular weight excluding hydrogens is 109 g/mol. The molecular formula is C6H10O2. The molecule has 1 saturated carbocycles. The van der Waals surface area contributed by atoms with E-state index in [1.807, 2.05) is 0 Å². The van der Waals surface area contributed by atoms with Gasteiger partial charge in [0.25, 0.3) is 0 Å². The minimum Gasteiger partial charge on any atom is -0.481 e. The molecule has 0 radical (unpaired) electrons. The summed E-state index contributed by atoms with van der Waals surface area (Å²) in [5.41, 5.74) is 0. The van der Waals surface area contributed by atoms with Gasteiger partial charge in [0.15, 0.2) is 0 Å². The van der Waals surface area contributed by atoms with E-state index >= 15 is 0 Å². The molecule has 0 aromatic rings. The van der Waals surface area contributed by atoms with Crippen LogP contribution in [0.5, 0.6) is 0 Å². The first-order chi connectivity index (χ1) is 3.80. The third-order valence-corrected chi connectivity index (χ3v) is 1.70. The molecule has 1 rings (SSSR count). The number of hydrogen-bond acceptors (Lipinski definition) is 1. The van der Waals surface area contributed by atoms with Crippen LogP contribution in [-0.4, -0.2) is 11.1 Å². The maximum absolute atomic E-state index is 10.2. The van der Waals surface area contributed by atoms with E-state index in [0.717, 1.165) is 25.7 Å². The maximum atomic E-state index is 10.2. The minimum absolute atomic E-state index is 0.0185. The van der Waals surface area contributed by atoms with Crippen molar-refractivity contribution in [1.82, 2.24) is 0 Å².